The Bertz CT molecular complexity index is 510. The summed E-state index contributed by atoms with van der Waals surface area (Å²) < 4.78 is 11.2. The number of carbonyl (C=O) groups is 2. The van der Waals surface area contributed by atoms with E-state index in [0.29, 0.717) is 35.8 Å². The Morgan fingerprint density at radius 3 is 2.59 bits per heavy atom. The molecule has 0 fully saturated rings. The number of hydrogen-bond acceptors (Lipinski definition) is 5. The fourth-order valence-electron chi connectivity index (χ4n) is 1.86. The summed E-state index contributed by atoms with van der Waals surface area (Å²) in [5, 5.41) is 18.1. The van der Waals surface area contributed by atoms with Crippen molar-refractivity contribution in [2.45, 2.75) is 10.0 Å². The first kappa shape index (κ1) is 18.9. The second kappa shape index (κ2) is 9.76. The number of aliphatic hydroxyl groups is 1. The van der Waals surface area contributed by atoms with Crippen LogP contribution in [-0.4, -0.2) is 60.1 Å². The van der Waals surface area contributed by atoms with E-state index >= 15 is 0 Å². The van der Waals surface area contributed by atoms with Crippen LogP contribution in [0, 0.1) is 0 Å². The first-order valence-electron chi connectivity index (χ1n) is 6.74. The Morgan fingerprint density at radius 1 is 1.36 bits per heavy atom. The zero-order valence-electron chi connectivity index (χ0n) is 12.4. The molecule has 0 heterocycles. The van der Waals surface area contributed by atoms with Crippen LogP contribution in [0.4, 0.5) is 4.79 Å². The molecule has 0 aliphatic carbocycles. The zero-order chi connectivity index (χ0) is 16.5. The van der Waals surface area contributed by atoms with E-state index in [0.717, 1.165) is 4.90 Å². The van der Waals surface area contributed by atoms with E-state index < -0.39 is 12.0 Å². The van der Waals surface area contributed by atoms with E-state index in [1.54, 1.807) is 18.2 Å². The zero-order valence-corrected chi connectivity index (χ0v) is 17.9. The molecule has 0 saturated heterocycles. The standard InChI is InChI=1S/C14H18NO6.Hg/c1-10(21-8-7-16)9-15(14(18)19)13(17)11-5-3-4-6-12(11)20-2;/h3-6,10,16H,1,7-9H2,2H3,(H,18,19);. The third kappa shape index (κ3) is 5.22. The van der Waals surface area contributed by atoms with Crippen LogP contribution in [0.1, 0.15) is 10.4 Å². The summed E-state index contributed by atoms with van der Waals surface area (Å²) in [5.74, 6) is -0.328. The van der Waals surface area contributed by atoms with E-state index in [2.05, 4.69) is 0 Å². The molecule has 1 aromatic carbocycles. The molecule has 0 aliphatic rings. The number of amides is 2. The van der Waals surface area contributed by atoms with E-state index in [9.17, 15) is 14.7 Å². The SMILES string of the molecule is COc1ccccc1C(=O)N(CC([CH2][Hg])OCCO)C(=O)O. The van der Waals surface area contributed by atoms with Gasteiger partial charge in [0.15, 0.2) is 0 Å². The number of ether oxygens (including phenoxy) is 2. The van der Waals surface area contributed by atoms with Gasteiger partial charge in [-0.2, -0.15) is 0 Å². The van der Waals surface area contributed by atoms with Crippen molar-refractivity contribution in [1.29, 1.82) is 0 Å². The molecule has 0 saturated carbocycles. The maximum absolute atomic E-state index is 12.5. The Labute approximate surface area is 144 Å². The average Bonchev–Trinajstić information content (AvgIpc) is 2.54. The summed E-state index contributed by atoms with van der Waals surface area (Å²) >= 11 is 0.384. The van der Waals surface area contributed by atoms with Crippen LogP contribution in [-0.2, 0) is 30.9 Å². The van der Waals surface area contributed by atoms with Crippen molar-refractivity contribution in [3.63, 3.8) is 0 Å². The van der Waals surface area contributed by atoms with Crippen molar-refractivity contribution >= 4 is 12.0 Å². The summed E-state index contributed by atoms with van der Waals surface area (Å²) in [6, 6.07) is 6.46. The van der Waals surface area contributed by atoms with E-state index in [1.807, 2.05) is 0 Å². The number of hydrogen-bond donors (Lipinski definition) is 2. The van der Waals surface area contributed by atoms with Gasteiger partial charge in [-0.1, -0.05) is 0 Å². The normalized spacial score (nSPS) is 11.8. The van der Waals surface area contributed by atoms with E-state index in [4.69, 9.17) is 14.6 Å². The molecule has 1 unspecified atom stereocenters. The molecule has 2 amide bonds. The number of para-hydroxylation sites is 1. The molecule has 1 atom stereocenters. The van der Waals surface area contributed by atoms with Gasteiger partial charge in [-0.05, 0) is 0 Å². The predicted octanol–water partition coefficient (Wildman–Crippen LogP) is 1.16. The van der Waals surface area contributed by atoms with Gasteiger partial charge in [-0.25, -0.2) is 0 Å². The van der Waals surface area contributed by atoms with Gasteiger partial charge in [0.25, 0.3) is 0 Å². The fourth-order valence-corrected chi connectivity index (χ4v) is 3.22. The molecule has 0 aromatic heterocycles. The third-order valence-electron chi connectivity index (χ3n) is 2.97. The molecular weight excluding hydrogens is 479 g/mol. The Balaban J connectivity index is 2.94. The number of nitrogens with zero attached hydrogens (tertiary/aromatic N) is 1. The van der Waals surface area contributed by atoms with Gasteiger partial charge in [0, 0.05) is 0 Å². The molecule has 0 bridgehead atoms. The van der Waals surface area contributed by atoms with E-state index in [1.165, 1.54) is 13.2 Å². The number of aliphatic hydroxyl groups excluding tert-OH is 1. The number of imide groups is 1. The molecule has 1 aromatic rings. The van der Waals surface area contributed by atoms with Crippen molar-refractivity contribution in [1.82, 2.24) is 4.90 Å². The molecule has 1 rings (SSSR count). The van der Waals surface area contributed by atoms with Crippen molar-refractivity contribution in [2.24, 2.45) is 0 Å². The summed E-state index contributed by atoms with van der Waals surface area (Å²) in [4.78, 5) is 24.6. The quantitative estimate of drug-likeness (QED) is 0.524. The van der Waals surface area contributed by atoms with Gasteiger partial charge < -0.3 is 0 Å². The molecule has 0 radical (unpaired) electrons. The minimum absolute atomic E-state index is 0.0598. The van der Waals surface area contributed by atoms with Crippen LogP contribution in [0.15, 0.2) is 24.3 Å². The molecule has 8 heteroatoms. The summed E-state index contributed by atoms with van der Waals surface area (Å²) in [7, 11) is 1.42. The molecule has 22 heavy (non-hydrogen) atoms. The fraction of sp³-hybridized carbons (Fsp3) is 0.429. The van der Waals surface area contributed by atoms with Gasteiger partial charge in [0.1, 0.15) is 0 Å². The molecule has 2 N–H and O–H groups in total. The minimum atomic E-state index is -1.34. The summed E-state index contributed by atoms with van der Waals surface area (Å²) in [6.07, 6.45) is -1.72. The molecule has 7 nitrogen and oxygen atoms in total. The second-order valence-corrected chi connectivity index (χ2v) is 6.65. The van der Waals surface area contributed by atoms with Gasteiger partial charge in [0.2, 0.25) is 0 Å². The number of carboxylic acid groups (broad SMARTS) is 1. The number of methoxy groups -OCH3 is 1. The van der Waals surface area contributed by atoms with E-state index in [-0.39, 0.29) is 31.4 Å². The van der Waals surface area contributed by atoms with Gasteiger partial charge in [-0.3, -0.25) is 0 Å². The summed E-state index contributed by atoms with van der Waals surface area (Å²) in [6.45, 7) is -0.0777. The van der Waals surface area contributed by atoms with Gasteiger partial charge >= 0.3 is 145 Å². The van der Waals surface area contributed by atoms with Crippen molar-refractivity contribution in [2.75, 3.05) is 26.9 Å². The number of benzene rings is 1. The van der Waals surface area contributed by atoms with Crippen LogP contribution in [0.2, 0.25) is 3.93 Å². The van der Waals surface area contributed by atoms with Crippen LogP contribution < -0.4 is 4.74 Å². The molecular formula is C14H18HgNO6. The first-order valence-corrected chi connectivity index (χ1v) is 10.6. The van der Waals surface area contributed by atoms with Crippen LogP contribution in [0.5, 0.6) is 5.75 Å². The van der Waals surface area contributed by atoms with Crippen molar-refractivity contribution in [3.8, 4) is 5.75 Å². The van der Waals surface area contributed by atoms with Gasteiger partial charge in [0.05, 0.1) is 0 Å². The van der Waals surface area contributed by atoms with Crippen molar-refractivity contribution < 1.29 is 55.4 Å². The monoisotopic (exact) mass is 498 g/mol. The van der Waals surface area contributed by atoms with Crippen LogP contribution in [0.3, 0.4) is 0 Å². The predicted molar refractivity (Wildman–Crippen MR) is 73.7 cm³/mol. The maximum atomic E-state index is 12.5. The van der Waals surface area contributed by atoms with Crippen LogP contribution in [0.25, 0.3) is 0 Å². The van der Waals surface area contributed by atoms with Crippen molar-refractivity contribution in [3.05, 3.63) is 29.8 Å². The average molecular weight is 497 g/mol. The molecule has 0 aliphatic heterocycles. The van der Waals surface area contributed by atoms with Gasteiger partial charge in [-0.15, -0.1) is 0 Å². The topological polar surface area (TPSA) is 96.3 Å². The second-order valence-electron chi connectivity index (χ2n) is 4.40. The Hall–Kier alpha value is -1.18. The first-order chi connectivity index (χ1) is 10.5. The Morgan fingerprint density at radius 2 is 2.05 bits per heavy atom. The molecule has 0 spiro atoms. The molecule has 117 valence electrons. The number of carbonyl (C=O) groups excluding carboxylic acids is 1. The Kier molecular flexibility index (Phi) is 8.36. The van der Waals surface area contributed by atoms with Crippen LogP contribution >= 0.6 is 0 Å². The summed E-state index contributed by atoms with van der Waals surface area (Å²) in [5.41, 5.74) is 0.187. The third-order valence-corrected chi connectivity index (χ3v) is 5.47. The number of rotatable bonds is 8.